The van der Waals surface area contributed by atoms with Crippen LogP contribution >= 0.6 is 22.6 Å². The Kier molecular flexibility index (Phi) is 3.14. The summed E-state index contributed by atoms with van der Waals surface area (Å²) in [5.74, 6) is 5.26. The summed E-state index contributed by atoms with van der Waals surface area (Å²) < 4.78 is 1.26. The Bertz CT molecular complexity index is 248. The van der Waals surface area contributed by atoms with Gasteiger partial charge in [-0.1, -0.05) is 13.0 Å². The maximum Gasteiger partial charge on any atom is 0.0495 e. The molecule has 60 valence electrons. The highest BCUT2D eigenvalue weighted by Crippen LogP contribution is 2.17. The Labute approximate surface area is 80.3 Å². The van der Waals surface area contributed by atoms with Gasteiger partial charge in [-0.05, 0) is 46.7 Å². The molecule has 3 heteroatoms. The van der Waals surface area contributed by atoms with Crippen LogP contribution in [0.1, 0.15) is 12.5 Å². The van der Waals surface area contributed by atoms with Crippen LogP contribution in [0.15, 0.2) is 18.2 Å². The van der Waals surface area contributed by atoms with Crippen LogP contribution in [0.3, 0.4) is 0 Å². The summed E-state index contributed by atoms with van der Waals surface area (Å²) in [5, 5.41) is 0. The van der Waals surface area contributed by atoms with Crippen LogP contribution in [0.2, 0.25) is 0 Å². The fourth-order valence-corrected chi connectivity index (χ4v) is 1.82. The van der Waals surface area contributed by atoms with Crippen LogP contribution in [0, 0.1) is 3.57 Å². The summed E-state index contributed by atoms with van der Waals surface area (Å²) in [5.41, 5.74) is 4.94. The van der Waals surface area contributed by atoms with E-state index in [0.29, 0.717) is 0 Å². The number of hydrogen-bond donors (Lipinski definition) is 2. The fraction of sp³-hybridized carbons (Fsp3) is 0.250. The van der Waals surface area contributed by atoms with Gasteiger partial charge in [-0.25, -0.2) is 0 Å². The largest absolute Gasteiger partial charge is 0.324 e. The maximum atomic E-state index is 5.26. The Morgan fingerprint density at radius 2 is 2.27 bits per heavy atom. The first-order chi connectivity index (χ1) is 5.27. The molecule has 0 saturated heterocycles. The molecule has 0 unspecified atom stereocenters. The average Bonchev–Trinajstić information content (AvgIpc) is 2.04. The lowest BCUT2D eigenvalue weighted by Gasteiger charge is -2.03. The van der Waals surface area contributed by atoms with E-state index < -0.39 is 0 Å². The Balaban J connectivity index is 2.99. The molecule has 0 aliphatic heterocycles. The fourth-order valence-electron chi connectivity index (χ4n) is 0.924. The second-order valence-corrected chi connectivity index (χ2v) is 3.47. The third-order valence-electron chi connectivity index (χ3n) is 1.60. The summed E-state index contributed by atoms with van der Waals surface area (Å²) in [7, 11) is 0. The van der Waals surface area contributed by atoms with E-state index in [-0.39, 0.29) is 0 Å². The molecule has 1 aromatic rings. The standard InChI is InChI=1S/C8H11IN2/c1-2-6-3-4-7(11-10)5-8(6)9/h3-5,11H,2,10H2,1H3. The molecule has 0 saturated carbocycles. The number of hydrogen-bond acceptors (Lipinski definition) is 2. The van der Waals surface area contributed by atoms with Crippen molar-refractivity contribution in [3.05, 3.63) is 27.3 Å². The van der Waals surface area contributed by atoms with Crippen LogP contribution in [0.25, 0.3) is 0 Å². The molecule has 0 aliphatic carbocycles. The SMILES string of the molecule is CCc1ccc(NN)cc1I. The highest BCUT2D eigenvalue weighted by Gasteiger charge is 1.96. The molecule has 0 heterocycles. The number of nitrogen functional groups attached to an aromatic ring is 1. The zero-order valence-corrected chi connectivity index (χ0v) is 8.55. The molecule has 2 nitrogen and oxygen atoms in total. The van der Waals surface area contributed by atoms with Gasteiger partial charge in [-0.15, -0.1) is 0 Å². The molecule has 1 rings (SSSR count). The molecule has 1 aromatic carbocycles. The predicted octanol–water partition coefficient (Wildman–Crippen LogP) is 2.14. The van der Waals surface area contributed by atoms with Crippen LogP contribution in [0.5, 0.6) is 0 Å². The zero-order valence-electron chi connectivity index (χ0n) is 6.39. The summed E-state index contributed by atoms with van der Waals surface area (Å²) in [4.78, 5) is 0. The first kappa shape index (κ1) is 8.80. The van der Waals surface area contributed by atoms with E-state index in [2.05, 4.69) is 41.0 Å². The van der Waals surface area contributed by atoms with Crippen molar-refractivity contribution in [3.63, 3.8) is 0 Å². The molecule has 0 aliphatic rings. The summed E-state index contributed by atoms with van der Waals surface area (Å²) in [6.45, 7) is 2.15. The van der Waals surface area contributed by atoms with Gasteiger partial charge < -0.3 is 5.43 Å². The van der Waals surface area contributed by atoms with Crippen molar-refractivity contribution in [2.45, 2.75) is 13.3 Å². The van der Waals surface area contributed by atoms with E-state index in [1.54, 1.807) is 0 Å². The molecule has 0 amide bonds. The number of hydrazine groups is 1. The van der Waals surface area contributed by atoms with Crippen molar-refractivity contribution < 1.29 is 0 Å². The van der Waals surface area contributed by atoms with Gasteiger partial charge in [0.15, 0.2) is 0 Å². The Morgan fingerprint density at radius 3 is 2.73 bits per heavy atom. The van der Waals surface area contributed by atoms with E-state index in [9.17, 15) is 0 Å². The average molecular weight is 262 g/mol. The van der Waals surface area contributed by atoms with Crippen LogP contribution in [-0.2, 0) is 6.42 Å². The van der Waals surface area contributed by atoms with E-state index in [1.807, 2.05) is 12.1 Å². The van der Waals surface area contributed by atoms with Crippen molar-refractivity contribution >= 4 is 28.3 Å². The normalized spacial score (nSPS) is 9.73. The quantitative estimate of drug-likeness (QED) is 0.487. The van der Waals surface area contributed by atoms with E-state index >= 15 is 0 Å². The minimum atomic E-state index is 0.964. The Hall–Kier alpha value is -0.290. The molecule has 0 aromatic heterocycles. The first-order valence-corrected chi connectivity index (χ1v) is 4.61. The third kappa shape index (κ3) is 2.07. The number of nitrogens with two attached hydrogens (primary N) is 1. The van der Waals surface area contributed by atoms with Gasteiger partial charge in [0.05, 0.1) is 0 Å². The lowest BCUT2D eigenvalue weighted by atomic mass is 10.2. The molecule has 11 heavy (non-hydrogen) atoms. The minimum Gasteiger partial charge on any atom is -0.324 e. The van der Waals surface area contributed by atoms with Crippen molar-refractivity contribution in [2.75, 3.05) is 5.43 Å². The highest BCUT2D eigenvalue weighted by molar-refractivity contribution is 14.1. The predicted molar refractivity (Wildman–Crippen MR) is 56.3 cm³/mol. The van der Waals surface area contributed by atoms with Gasteiger partial charge in [0, 0.05) is 9.26 Å². The number of nitrogens with one attached hydrogen (secondary N) is 1. The summed E-state index contributed by atoms with van der Waals surface area (Å²) in [6, 6.07) is 6.12. The van der Waals surface area contributed by atoms with E-state index in [1.165, 1.54) is 9.13 Å². The van der Waals surface area contributed by atoms with E-state index in [0.717, 1.165) is 12.1 Å². The number of anilines is 1. The maximum absolute atomic E-state index is 5.26. The number of aryl methyl sites for hydroxylation is 1. The van der Waals surface area contributed by atoms with Crippen molar-refractivity contribution in [3.8, 4) is 0 Å². The summed E-state index contributed by atoms with van der Waals surface area (Å²) in [6.07, 6.45) is 1.07. The number of benzene rings is 1. The van der Waals surface area contributed by atoms with Gasteiger partial charge in [-0.2, -0.15) is 0 Å². The monoisotopic (exact) mass is 262 g/mol. The van der Waals surface area contributed by atoms with Crippen LogP contribution in [0.4, 0.5) is 5.69 Å². The van der Waals surface area contributed by atoms with Crippen molar-refractivity contribution in [1.29, 1.82) is 0 Å². The molecule has 3 N–H and O–H groups in total. The van der Waals surface area contributed by atoms with Gasteiger partial charge >= 0.3 is 0 Å². The second kappa shape index (κ2) is 3.92. The molecule has 0 radical (unpaired) electrons. The molecular formula is C8H11IN2. The van der Waals surface area contributed by atoms with Gasteiger partial charge in [0.25, 0.3) is 0 Å². The molecule has 0 fully saturated rings. The van der Waals surface area contributed by atoms with Gasteiger partial charge in [-0.3, -0.25) is 5.84 Å². The Morgan fingerprint density at radius 1 is 1.55 bits per heavy atom. The lowest BCUT2D eigenvalue weighted by molar-refractivity contribution is 1.12. The molecule has 0 spiro atoms. The zero-order chi connectivity index (χ0) is 8.27. The molecular weight excluding hydrogens is 251 g/mol. The molecule has 0 bridgehead atoms. The van der Waals surface area contributed by atoms with E-state index in [4.69, 9.17) is 5.84 Å². The van der Waals surface area contributed by atoms with Gasteiger partial charge in [0.1, 0.15) is 0 Å². The number of rotatable bonds is 2. The number of halogens is 1. The van der Waals surface area contributed by atoms with Gasteiger partial charge in [0.2, 0.25) is 0 Å². The van der Waals surface area contributed by atoms with Crippen molar-refractivity contribution in [1.82, 2.24) is 0 Å². The van der Waals surface area contributed by atoms with Crippen LogP contribution < -0.4 is 11.3 Å². The van der Waals surface area contributed by atoms with Crippen molar-refractivity contribution in [2.24, 2.45) is 5.84 Å². The lowest BCUT2D eigenvalue weighted by Crippen LogP contribution is -2.06. The topological polar surface area (TPSA) is 38.0 Å². The van der Waals surface area contributed by atoms with Crippen LogP contribution in [-0.4, -0.2) is 0 Å². The second-order valence-electron chi connectivity index (χ2n) is 2.30. The minimum absolute atomic E-state index is 0.964. The third-order valence-corrected chi connectivity index (χ3v) is 2.60. The first-order valence-electron chi connectivity index (χ1n) is 3.53. The smallest absolute Gasteiger partial charge is 0.0495 e. The molecule has 0 atom stereocenters. The summed E-state index contributed by atoms with van der Waals surface area (Å²) >= 11 is 2.31. The highest BCUT2D eigenvalue weighted by atomic mass is 127.